The van der Waals surface area contributed by atoms with E-state index in [4.69, 9.17) is 9.47 Å². The van der Waals surface area contributed by atoms with Crippen molar-refractivity contribution in [3.63, 3.8) is 0 Å². The van der Waals surface area contributed by atoms with Crippen molar-refractivity contribution in [1.29, 1.82) is 0 Å². The SMILES string of the molecule is COC(=O)C1CC(=O)N(c2ccc(CN3CCOCC3)cc2)C1. The van der Waals surface area contributed by atoms with Crippen molar-refractivity contribution in [2.24, 2.45) is 5.92 Å². The molecule has 6 nitrogen and oxygen atoms in total. The summed E-state index contributed by atoms with van der Waals surface area (Å²) in [5.74, 6) is -0.702. The first-order valence-corrected chi connectivity index (χ1v) is 7.94. The highest BCUT2D eigenvalue weighted by atomic mass is 16.5. The maximum atomic E-state index is 12.1. The molecule has 0 bridgehead atoms. The Bertz CT molecular complexity index is 566. The van der Waals surface area contributed by atoms with E-state index in [9.17, 15) is 9.59 Å². The molecule has 2 heterocycles. The fourth-order valence-electron chi connectivity index (χ4n) is 3.08. The highest BCUT2D eigenvalue weighted by molar-refractivity contribution is 5.99. The van der Waals surface area contributed by atoms with E-state index in [1.165, 1.54) is 12.7 Å². The number of carbonyl (C=O) groups excluding carboxylic acids is 2. The predicted octanol–water partition coefficient (Wildman–Crippen LogP) is 1.04. The van der Waals surface area contributed by atoms with Gasteiger partial charge in [-0.2, -0.15) is 0 Å². The van der Waals surface area contributed by atoms with E-state index in [1.807, 2.05) is 24.3 Å². The molecule has 1 atom stereocenters. The van der Waals surface area contributed by atoms with E-state index >= 15 is 0 Å². The third-order valence-corrected chi connectivity index (χ3v) is 4.42. The number of anilines is 1. The summed E-state index contributed by atoms with van der Waals surface area (Å²) in [6.45, 7) is 4.77. The zero-order chi connectivity index (χ0) is 16.2. The van der Waals surface area contributed by atoms with Crippen molar-refractivity contribution in [1.82, 2.24) is 4.90 Å². The number of carbonyl (C=O) groups is 2. The van der Waals surface area contributed by atoms with Gasteiger partial charge in [-0.25, -0.2) is 0 Å². The van der Waals surface area contributed by atoms with Gasteiger partial charge in [0.15, 0.2) is 0 Å². The molecule has 2 saturated heterocycles. The zero-order valence-electron chi connectivity index (χ0n) is 13.4. The average molecular weight is 318 g/mol. The van der Waals surface area contributed by atoms with Crippen molar-refractivity contribution in [2.75, 3.05) is 44.9 Å². The molecule has 0 radical (unpaired) electrons. The molecule has 124 valence electrons. The van der Waals surface area contributed by atoms with E-state index in [0.717, 1.165) is 38.5 Å². The lowest BCUT2D eigenvalue weighted by Gasteiger charge is -2.26. The zero-order valence-corrected chi connectivity index (χ0v) is 13.4. The molecule has 1 aromatic carbocycles. The fraction of sp³-hybridized carbons (Fsp3) is 0.529. The molecular weight excluding hydrogens is 296 g/mol. The first-order chi connectivity index (χ1) is 11.2. The van der Waals surface area contributed by atoms with Crippen LogP contribution in [0.2, 0.25) is 0 Å². The molecule has 2 fully saturated rings. The molecule has 0 N–H and O–H groups in total. The van der Waals surface area contributed by atoms with Gasteiger partial charge in [-0.3, -0.25) is 14.5 Å². The second-order valence-electron chi connectivity index (χ2n) is 5.98. The number of morpholine rings is 1. The van der Waals surface area contributed by atoms with Crippen LogP contribution < -0.4 is 4.90 Å². The topological polar surface area (TPSA) is 59.1 Å². The predicted molar refractivity (Wildman–Crippen MR) is 85.0 cm³/mol. The van der Waals surface area contributed by atoms with Crippen LogP contribution in [0.25, 0.3) is 0 Å². The summed E-state index contributed by atoms with van der Waals surface area (Å²) < 4.78 is 10.1. The Kier molecular flexibility index (Phi) is 4.93. The normalized spacial score (nSPS) is 22.4. The smallest absolute Gasteiger partial charge is 0.311 e. The van der Waals surface area contributed by atoms with Crippen LogP contribution in [0.15, 0.2) is 24.3 Å². The second-order valence-corrected chi connectivity index (χ2v) is 5.98. The molecule has 0 aliphatic carbocycles. The molecule has 2 aliphatic rings. The number of rotatable bonds is 4. The quantitative estimate of drug-likeness (QED) is 0.777. The van der Waals surface area contributed by atoms with Crippen LogP contribution in [0.4, 0.5) is 5.69 Å². The summed E-state index contributed by atoms with van der Waals surface area (Å²) in [7, 11) is 1.36. The molecule has 2 aliphatic heterocycles. The summed E-state index contributed by atoms with van der Waals surface area (Å²) in [5, 5.41) is 0. The fourth-order valence-corrected chi connectivity index (χ4v) is 3.08. The van der Waals surface area contributed by atoms with E-state index < -0.39 is 0 Å². The molecule has 6 heteroatoms. The van der Waals surface area contributed by atoms with E-state index in [2.05, 4.69) is 4.90 Å². The van der Waals surface area contributed by atoms with Gasteiger partial charge in [0.25, 0.3) is 0 Å². The standard InChI is InChI=1S/C17H22N2O4/c1-22-17(21)14-10-16(20)19(12-14)15-4-2-13(3-5-15)11-18-6-8-23-9-7-18/h2-5,14H,6-12H2,1H3. The number of amides is 1. The van der Waals surface area contributed by atoms with E-state index in [1.54, 1.807) is 4.90 Å². The Morgan fingerprint density at radius 1 is 1.26 bits per heavy atom. The number of methoxy groups -OCH3 is 1. The monoisotopic (exact) mass is 318 g/mol. The number of esters is 1. The summed E-state index contributed by atoms with van der Waals surface area (Å²) in [6.07, 6.45) is 0.224. The Hall–Kier alpha value is -1.92. The lowest BCUT2D eigenvalue weighted by atomic mass is 10.1. The number of hydrogen-bond acceptors (Lipinski definition) is 5. The van der Waals surface area contributed by atoms with Gasteiger partial charge in [0.1, 0.15) is 0 Å². The van der Waals surface area contributed by atoms with Gasteiger partial charge in [-0.15, -0.1) is 0 Å². The number of benzene rings is 1. The van der Waals surface area contributed by atoms with Crippen molar-refractivity contribution in [2.45, 2.75) is 13.0 Å². The van der Waals surface area contributed by atoms with Gasteiger partial charge in [-0.1, -0.05) is 12.1 Å². The van der Waals surface area contributed by atoms with Gasteiger partial charge >= 0.3 is 5.97 Å². The van der Waals surface area contributed by atoms with Crippen molar-refractivity contribution in [3.8, 4) is 0 Å². The van der Waals surface area contributed by atoms with Crippen LogP contribution in [0, 0.1) is 5.92 Å². The maximum absolute atomic E-state index is 12.1. The minimum Gasteiger partial charge on any atom is -0.469 e. The van der Waals surface area contributed by atoms with E-state index in [-0.39, 0.29) is 24.2 Å². The molecule has 1 unspecified atom stereocenters. The van der Waals surface area contributed by atoms with Crippen molar-refractivity contribution >= 4 is 17.6 Å². The Labute approximate surface area is 136 Å². The van der Waals surface area contributed by atoms with Crippen LogP contribution in [-0.2, 0) is 25.6 Å². The number of ether oxygens (including phenoxy) is 2. The Balaban J connectivity index is 1.62. The molecule has 0 saturated carbocycles. The second kappa shape index (κ2) is 7.10. The van der Waals surface area contributed by atoms with Crippen LogP contribution in [-0.4, -0.2) is 56.7 Å². The third-order valence-electron chi connectivity index (χ3n) is 4.42. The highest BCUT2D eigenvalue weighted by Gasteiger charge is 2.35. The Morgan fingerprint density at radius 3 is 2.61 bits per heavy atom. The molecule has 3 rings (SSSR count). The molecular formula is C17H22N2O4. The maximum Gasteiger partial charge on any atom is 0.311 e. The summed E-state index contributed by atoms with van der Waals surface area (Å²) in [4.78, 5) is 27.7. The molecule has 1 aromatic rings. The summed E-state index contributed by atoms with van der Waals surface area (Å²) in [6, 6.07) is 7.99. The van der Waals surface area contributed by atoms with Gasteiger partial charge in [0.2, 0.25) is 5.91 Å². The van der Waals surface area contributed by atoms with Crippen molar-refractivity contribution in [3.05, 3.63) is 29.8 Å². The number of hydrogen-bond donors (Lipinski definition) is 0. The summed E-state index contributed by atoms with van der Waals surface area (Å²) >= 11 is 0. The van der Waals surface area contributed by atoms with Gasteiger partial charge in [0.05, 0.1) is 26.2 Å². The molecule has 0 spiro atoms. The third kappa shape index (κ3) is 3.71. The van der Waals surface area contributed by atoms with Gasteiger partial charge < -0.3 is 14.4 Å². The lowest BCUT2D eigenvalue weighted by Crippen LogP contribution is -2.35. The van der Waals surface area contributed by atoms with E-state index in [0.29, 0.717) is 6.54 Å². The van der Waals surface area contributed by atoms with Crippen LogP contribution >= 0.6 is 0 Å². The Morgan fingerprint density at radius 2 is 1.96 bits per heavy atom. The first-order valence-electron chi connectivity index (χ1n) is 7.94. The lowest BCUT2D eigenvalue weighted by molar-refractivity contribution is -0.145. The number of nitrogens with zero attached hydrogens (tertiary/aromatic N) is 2. The minimum atomic E-state index is -0.361. The van der Waals surface area contributed by atoms with Gasteiger partial charge in [-0.05, 0) is 17.7 Å². The largest absolute Gasteiger partial charge is 0.469 e. The molecule has 1 amide bonds. The van der Waals surface area contributed by atoms with Gasteiger partial charge in [0, 0.05) is 38.3 Å². The molecule has 23 heavy (non-hydrogen) atoms. The minimum absolute atomic E-state index is 0.0265. The summed E-state index contributed by atoms with van der Waals surface area (Å²) in [5.41, 5.74) is 2.05. The highest BCUT2D eigenvalue weighted by Crippen LogP contribution is 2.26. The van der Waals surface area contributed by atoms with Crippen molar-refractivity contribution < 1.29 is 19.1 Å². The average Bonchev–Trinajstić information content (AvgIpc) is 2.98. The van der Waals surface area contributed by atoms with Crippen LogP contribution in [0.1, 0.15) is 12.0 Å². The van der Waals surface area contributed by atoms with Crippen LogP contribution in [0.3, 0.4) is 0 Å². The first kappa shape index (κ1) is 16.0. The van der Waals surface area contributed by atoms with Crippen LogP contribution in [0.5, 0.6) is 0 Å². The molecule has 0 aromatic heterocycles.